The van der Waals surface area contributed by atoms with E-state index in [0.717, 1.165) is 11.1 Å². The lowest BCUT2D eigenvalue weighted by atomic mass is 10.1. The molecule has 0 aliphatic carbocycles. The van der Waals surface area contributed by atoms with Crippen LogP contribution in [0.25, 0.3) is 0 Å². The van der Waals surface area contributed by atoms with Crippen LogP contribution >= 0.6 is 0 Å². The fraction of sp³-hybridized carbons (Fsp3) is 0.250. The average molecular weight is 302 g/mol. The van der Waals surface area contributed by atoms with E-state index in [-0.39, 0.29) is 5.76 Å². The molecule has 0 saturated heterocycles. The Hall–Kier alpha value is -2.76. The molecule has 2 rings (SSSR count). The lowest BCUT2D eigenvalue weighted by Crippen LogP contribution is -2.47. The van der Waals surface area contributed by atoms with Gasteiger partial charge in [0, 0.05) is 0 Å². The van der Waals surface area contributed by atoms with E-state index in [1.165, 1.54) is 12.3 Å². The van der Waals surface area contributed by atoms with Crippen LogP contribution in [0.15, 0.2) is 41.0 Å². The van der Waals surface area contributed by atoms with E-state index in [0.29, 0.717) is 5.75 Å². The number of rotatable bonds is 4. The first-order chi connectivity index (χ1) is 10.5. The summed E-state index contributed by atoms with van der Waals surface area (Å²) < 4.78 is 10.5. The monoisotopic (exact) mass is 302 g/mol. The molecule has 0 unspecified atom stereocenters. The average Bonchev–Trinajstić information content (AvgIpc) is 3.03. The van der Waals surface area contributed by atoms with Crippen molar-refractivity contribution >= 4 is 11.8 Å². The highest BCUT2D eigenvalue weighted by atomic mass is 16.5. The maximum atomic E-state index is 11.9. The van der Waals surface area contributed by atoms with E-state index in [4.69, 9.17) is 9.15 Å². The number of amides is 2. The number of ether oxygens (including phenoxy) is 1. The molecule has 6 heteroatoms. The minimum atomic E-state index is -0.752. The summed E-state index contributed by atoms with van der Waals surface area (Å²) in [7, 11) is 0. The zero-order chi connectivity index (χ0) is 16.1. The number of carbonyl (C=O) groups is 2. The van der Waals surface area contributed by atoms with Gasteiger partial charge in [-0.05, 0) is 50.1 Å². The van der Waals surface area contributed by atoms with Crippen LogP contribution in [0.5, 0.6) is 5.75 Å². The predicted molar refractivity (Wildman–Crippen MR) is 80.3 cm³/mol. The third kappa shape index (κ3) is 3.66. The Morgan fingerprint density at radius 1 is 1.14 bits per heavy atom. The molecule has 2 amide bonds. The third-order valence-electron chi connectivity index (χ3n) is 3.27. The molecule has 22 heavy (non-hydrogen) atoms. The van der Waals surface area contributed by atoms with E-state index < -0.39 is 17.9 Å². The van der Waals surface area contributed by atoms with Crippen molar-refractivity contribution in [2.75, 3.05) is 0 Å². The zero-order valence-corrected chi connectivity index (χ0v) is 12.7. The highest BCUT2D eigenvalue weighted by Gasteiger charge is 2.17. The fourth-order valence-corrected chi connectivity index (χ4v) is 1.79. The van der Waals surface area contributed by atoms with E-state index in [1.807, 2.05) is 26.0 Å². The molecule has 0 radical (unpaired) electrons. The van der Waals surface area contributed by atoms with E-state index in [9.17, 15) is 9.59 Å². The molecule has 6 nitrogen and oxygen atoms in total. The van der Waals surface area contributed by atoms with Crippen LogP contribution in [0.1, 0.15) is 28.6 Å². The molecule has 1 aromatic heterocycles. The molecule has 0 bridgehead atoms. The van der Waals surface area contributed by atoms with Gasteiger partial charge in [-0.1, -0.05) is 12.1 Å². The maximum Gasteiger partial charge on any atom is 0.305 e. The summed E-state index contributed by atoms with van der Waals surface area (Å²) in [5, 5.41) is 0. The Morgan fingerprint density at radius 3 is 2.59 bits per heavy atom. The predicted octanol–water partition coefficient (Wildman–Crippen LogP) is 2.12. The van der Waals surface area contributed by atoms with Crippen molar-refractivity contribution in [1.29, 1.82) is 0 Å². The van der Waals surface area contributed by atoms with Crippen LogP contribution < -0.4 is 15.6 Å². The van der Waals surface area contributed by atoms with Crippen molar-refractivity contribution in [2.24, 2.45) is 0 Å². The minimum absolute atomic E-state index is 0.114. The lowest BCUT2D eigenvalue weighted by Gasteiger charge is -2.17. The van der Waals surface area contributed by atoms with E-state index >= 15 is 0 Å². The Morgan fingerprint density at radius 2 is 1.91 bits per heavy atom. The molecule has 0 aliphatic heterocycles. The summed E-state index contributed by atoms with van der Waals surface area (Å²) in [6.07, 6.45) is 0.626. The summed E-state index contributed by atoms with van der Waals surface area (Å²) in [6, 6.07) is 8.71. The Kier molecular flexibility index (Phi) is 4.83. The normalized spacial score (nSPS) is 11.6. The highest BCUT2D eigenvalue weighted by Crippen LogP contribution is 2.21. The molecular formula is C16H18N2O4. The van der Waals surface area contributed by atoms with Crippen molar-refractivity contribution < 1.29 is 18.7 Å². The van der Waals surface area contributed by atoms with Gasteiger partial charge >= 0.3 is 5.91 Å². The maximum absolute atomic E-state index is 11.9. The SMILES string of the molecule is Cc1cccc(O[C@H](C)C(=O)NNC(=O)c2ccco2)c1C. The van der Waals surface area contributed by atoms with Crippen LogP contribution in [0.2, 0.25) is 0 Å². The molecular weight excluding hydrogens is 284 g/mol. The Labute approximate surface area is 128 Å². The van der Waals surface area contributed by atoms with Crippen LogP contribution in [0.4, 0.5) is 0 Å². The zero-order valence-electron chi connectivity index (χ0n) is 12.7. The number of aryl methyl sites for hydroxylation is 1. The molecule has 0 aliphatic rings. The molecule has 0 spiro atoms. The van der Waals surface area contributed by atoms with Crippen molar-refractivity contribution in [2.45, 2.75) is 26.9 Å². The fourth-order valence-electron chi connectivity index (χ4n) is 1.79. The summed E-state index contributed by atoms with van der Waals surface area (Å²) in [5.41, 5.74) is 6.62. The Balaban J connectivity index is 1.89. The second kappa shape index (κ2) is 6.80. The summed E-state index contributed by atoms with van der Waals surface area (Å²) >= 11 is 0. The van der Waals surface area contributed by atoms with Gasteiger partial charge in [0.25, 0.3) is 5.91 Å². The van der Waals surface area contributed by atoms with Gasteiger partial charge in [-0.15, -0.1) is 0 Å². The summed E-state index contributed by atoms with van der Waals surface area (Å²) in [6.45, 7) is 5.50. The second-order valence-electron chi connectivity index (χ2n) is 4.88. The summed E-state index contributed by atoms with van der Waals surface area (Å²) in [5.74, 6) is -0.235. The van der Waals surface area contributed by atoms with Gasteiger partial charge in [0.2, 0.25) is 0 Å². The molecule has 1 aromatic carbocycles. The van der Waals surface area contributed by atoms with Crippen molar-refractivity contribution in [3.63, 3.8) is 0 Å². The van der Waals surface area contributed by atoms with Gasteiger partial charge in [-0.2, -0.15) is 0 Å². The number of furan rings is 1. The summed E-state index contributed by atoms with van der Waals surface area (Å²) in [4.78, 5) is 23.6. The van der Waals surface area contributed by atoms with E-state index in [1.54, 1.807) is 19.1 Å². The van der Waals surface area contributed by atoms with Crippen molar-refractivity contribution in [3.8, 4) is 5.75 Å². The number of benzene rings is 1. The number of hydrogen-bond donors (Lipinski definition) is 2. The van der Waals surface area contributed by atoms with Gasteiger partial charge < -0.3 is 9.15 Å². The first-order valence-corrected chi connectivity index (χ1v) is 6.85. The minimum Gasteiger partial charge on any atom is -0.481 e. The first kappa shape index (κ1) is 15.6. The first-order valence-electron chi connectivity index (χ1n) is 6.85. The highest BCUT2D eigenvalue weighted by molar-refractivity contribution is 5.93. The molecule has 2 aromatic rings. The third-order valence-corrected chi connectivity index (χ3v) is 3.27. The lowest BCUT2D eigenvalue weighted by molar-refractivity contribution is -0.128. The molecule has 1 heterocycles. The van der Waals surface area contributed by atoms with Crippen LogP contribution in [-0.4, -0.2) is 17.9 Å². The van der Waals surface area contributed by atoms with Crippen molar-refractivity contribution in [1.82, 2.24) is 10.9 Å². The van der Waals surface area contributed by atoms with Gasteiger partial charge in [0.15, 0.2) is 11.9 Å². The van der Waals surface area contributed by atoms with Crippen molar-refractivity contribution in [3.05, 3.63) is 53.5 Å². The Bertz CT molecular complexity index is 665. The van der Waals surface area contributed by atoms with Gasteiger partial charge in [0.1, 0.15) is 5.75 Å². The largest absolute Gasteiger partial charge is 0.481 e. The van der Waals surface area contributed by atoms with E-state index in [2.05, 4.69) is 10.9 Å². The van der Waals surface area contributed by atoms with Crippen LogP contribution in [0.3, 0.4) is 0 Å². The molecule has 0 fully saturated rings. The number of hydrazine groups is 1. The quantitative estimate of drug-likeness (QED) is 0.848. The molecule has 1 atom stereocenters. The molecule has 2 N–H and O–H groups in total. The molecule has 116 valence electrons. The van der Waals surface area contributed by atoms with Gasteiger partial charge in [0.05, 0.1) is 6.26 Å². The smallest absolute Gasteiger partial charge is 0.305 e. The number of nitrogens with one attached hydrogen (secondary N) is 2. The number of carbonyl (C=O) groups excluding carboxylic acids is 2. The van der Waals surface area contributed by atoms with Crippen LogP contribution in [-0.2, 0) is 4.79 Å². The van der Waals surface area contributed by atoms with Crippen LogP contribution in [0, 0.1) is 13.8 Å². The number of hydrogen-bond acceptors (Lipinski definition) is 4. The topological polar surface area (TPSA) is 80.6 Å². The van der Waals surface area contributed by atoms with Gasteiger partial charge in [-0.3, -0.25) is 20.4 Å². The standard InChI is InChI=1S/C16H18N2O4/c1-10-6-4-7-13(11(10)2)22-12(3)15(19)17-18-16(20)14-8-5-9-21-14/h4-9,12H,1-3H3,(H,17,19)(H,18,20)/t12-/m1/s1. The van der Waals surface area contributed by atoms with Gasteiger partial charge in [-0.25, -0.2) is 0 Å². The molecule has 0 saturated carbocycles. The second-order valence-corrected chi connectivity index (χ2v) is 4.88.